The number of benzene rings is 2. The standard InChI is InChI=1S/C21H16F2N2O7/c22-15-5-3-13(7-16(15)23)25-18(26)9-24-19(27)10-31-21(29)11-30-14-4-1-12-2-6-20(28)32-17(12)8-14/h1-8H,9-11H2,(H,24,27)(H,25,26). The lowest BCUT2D eigenvalue weighted by molar-refractivity contribution is -0.150. The summed E-state index contributed by atoms with van der Waals surface area (Å²) in [6, 6.07) is 10.3. The number of ether oxygens (including phenoxy) is 2. The fourth-order valence-corrected chi connectivity index (χ4v) is 2.47. The molecule has 0 fully saturated rings. The van der Waals surface area contributed by atoms with E-state index in [0.717, 1.165) is 18.2 Å². The average molecular weight is 446 g/mol. The summed E-state index contributed by atoms with van der Waals surface area (Å²) in [5.41, 5.74) is -0.234. The lowest BCUT2D eigenvalue weighted by atomic mass is 10.2. The number of carbonyl (C=O) groups is 3. The van der Waals surface area contributed by atoms with Gasteiger partial charge in [-0.05, 0) is 30.3 Å². The maximum atomic E-state index is 13.1. The Labute approximate surface area is 178 Å². The van der Waals surface area contributed by atoms with E-state index in [1.54, 1.807) is 18.2 Å². The minimum Gasteiger partial charge on any atom is -0.482 e. The number of hydrogen-bond acceptors (Lipinski definition) is 7. The van der Waals surface area contributed by atoms with Crippen LogP contribution in [0.5, 0.6) is 5.75 Å². The molecule has 9 nitrogen and oxygen atoms in total. The molecule has 0 aliphatic carbocycles. The molecule has 1 aromatic heterocycles. The SMILES string of the molecule is O=C(COC(=O)COc1ccc2ccc(=O)oc2c1)NCC(=O)Nc1ccc(F)c(F)c1. The van der Waals surface area contributed by atoms with Crippen molar-refractivity contribution >= 4 is 34.4 Å². The van der Waals surface area contributed by atoms with Gasteiger partial charge in [0, 0.05) is 29.3 Å². The summed E-state index contributed by atoms with van der Waals surface area (Å²) in [6.45, 7) is -1.64. The molecule has 1 heterocycles. The molecule has 0 aliphatic heterocycles. The average Bonchev–Trinajstić information content (AvgIpc) is 2.77. The molecule has 0 bridgehead atoms. The van der Waals surface area contributed by atoms with Crippen LogP contribution in [0.4, 0.5) is 14.5 Å². The maximum Gasteiger partial charge on any atom is 0.344 e. The summed E-state index contributed by atoms with van der Waals surface area (Å²) >= 11 is 0. The second kappa shape index (κ2) is 10.2. The normalized spacial score (nSPS) is 10.4. The van der Waals surface area contributed by atoms with Crippen molar-refractivity contribution in [2.24, 2.45) is 0 Å². The largest absolute Gasteiger partial charge is 0.482 e. The molecule has 32 heavy (non-hydrogen) atoms. The number of hydrogen-bond donors (Lipinski definition) is 2. The van der Waals surface area contributed by atoms with E-state index in [9.17, 15) is 28.0 Å². The lowest BCUT2D eigenvalue weighted by Crippen LogP contribution is -2.36. The molecule has 3 rings (SSSR count). The molecule has 11 heteroatoms. The van der Waals surface area contributed by atoms with E-state index in [1.165, 1.54) is 12.1 Å². The monoisotopic (exact) mass is 446 g/mol. The maximum absolute atomic E-state index is 13.1. The van der Waals surface area contributed by atoms with Gasteiger partial charge in [0.05, 0.1) is 6.54 Å². The minimum absolute atomic E-state index is 0.0136. The summed E-state index contributed by atoms with van der Waals surface area (Å²) < 4.78 is 41.0. The van der Waals surface area contributed by atoms with Gasteiger partial charge >= 0.3 is 11.6 Å². The third-order valence-electron chi connectivity index (χ3n) is 3.96. The molecule has 0 saturated carbocycles. The molecule has 166 valence electrons. The quantitative estimate of drug-likeness (QED) is 0.399. The van der Waals surface area contributed by atoms with E-state index in [4.69, 9.17) is 13.9 Å². The molecule has 0 unspecified atom stereocenters. The van der Waals surface area contributed by atoms with Crippen molar-refractivity contribution in [1.82, 2.24) is 5.32 Å². The van der Waals surface area contributed by atoms with Crippen LogP contribution in [0, 0.1) is 11.6 Å². The Morgan fingerprint density at radius 1 is 0.906 bits per heavy atom. The highest BCUT2D eigenvalue weighted by atomic mass is 19.2. The van der Waals surface area contributed by atoms with Crippen LogP contribution in [0.2, 0.25) is 0 Å². The van der Waals surface area contributed by atoms with Crippen molar-refractivity contribution in [2.75, 3.05) is 25.1 Å². The van der Waals surface area contributed by atoms with Gasteiger partial charge in [-0.2, -0.15) is 0 Å². The van der Waals surface area contributed by atoms with Crippen molar-refractivity contribution in [3.8, 4) is 5.75 Å². The molecular formula is C21H16F2N2O7. The zero-order valence-corrected chi connectivity index (χ0v) is 16.4. The van der Waals surface area contributed by atoms with Gasteiger partial charge in [-0.25, -0.2) is 18.4 Å². The van der Waals surface area contributed by atoms with Gasteiger partial charge in [-0.3, -0.25) is 9.59 Å². The summed E-state index contributed by atoms with van der Waals surface area (Å²) in [4.78, 5) is 46.4. The molecule has 2 N–H and O–H groups in total. The first kappa shape index (κ1) is 22.4. The predicted octanol–water partition coefficient (Wildman–Crippen LogP) is 1.75. The second-order valence-electron chi connectivity index (χ2n) is 6.36. The summed E-state index contributed by atoms with van der Waals surface area (Å²) in [7, 11) is 0. The predicted molar refractivity (Wildman–Crippen MR) is 107 cm³/mol. The van der Waals surface area contributed by atoms with Crippen LogP contribution in [-0.2, 0) is 19.1 Å². The van der Waals surface area contributed by atoms with Gasteiger partial charge in [-0.15, -0.1) is 0 Å². The molecule has 2 aromatic carbocycles. The van der Waals surface area contributed by atoms with E-state index in [1.807, 2.05) is 0 Å². The first-order valence-corrected chi connectivity index (χ1v) is 9.14. The van der Waals surface area contributed by atoms with Crippen LogP contribution in [0.1, 0.15) is 0 Å². The van der Waals surface area contributed by atoms with Crippen molar-refractivity contribution in [2.45, 2.75) is 0 Å². The fraction of sp³-hybridized carbons (Fsp3) is 0.143. The van der Waals surface area contributed by atoms with Gasteiger partial charge in [0.25, 0.3) is 5.91 Å². The Kier molecular flexibility index (Phi) is 7.11. The number of fused-ring (bicyclic) bond motifs is 1. The third kappa shape index (κ3) is 6.36. The van der Waals surface area contributed by atoms with E-state index in [2.05, 4.69) is 10.6 Å². The van der Waals surface area contributed by atoms with Gasteiger partial charge in [0.2, 0.25) is 5.91 Å². The Bertz CT molecular complexity index is 1230. The van der Waals surface area contributed by atoms with E-state index in [0.29, 0.717) is 5.39 Å². The second-order valence-corrected chi connectivity index (χ2v) is 6.36. The lowest BCUT2D eigenvalue weighted by Gasteiger charge is -2.09. The number of halogens is 2. The van der Waals surface area contributed by atoms with Crippen LogP contribution in [0.15, 0.2) is 57.7 Å². The molecule has 0 saturated heterocycles. The fourth-order valence-electron chi connectivity index (χ4n) is 2.47. The summed E-state index contributed by atoms with van der Waals surface area (Å²) in [5.74, 6) is -4.24. The number of amides is 2. The Hall–Kier alpha value is -4.28. The zero-order chi connectivity index (χ0) is 23.1. The smallest absolute Gasteiger partial charge is 0.344 e. The van der Waals surface area contributed by atoms with Crippen LogP contribution in [0.25, 0.3) is 11.0 Å². The molecule has 0 atom stereocenters. The van der Waals surface area contributed by atoms with E-state index < -0.39 is 54.8 Å². The molecule has 3 aromatic rings. The van der Waals surface area contributed by atoms with Crippen LogP contribution in [-0.4, -0.2) is 37.5 Å². The van der Waals surface area contributed by atoms with Crippen molar-refractivity contribution in [3.05, 3.63) is 70.6 Å². The summed E-state index contributed by atoms with van der Waals surface area (Å²) in [6.07, 6.45) is 0. The van der Waals surface area contributed by atoms with Gasteiger partial charge in [0.1, 0.15) is 11.3 Å². The molecule has 0 radical (unpaired) electrons. The van der Waals surface area contributed by atoms with Gasteiger partial charge in [-0.1, -0.05) is 0 Å². The molecule has 2 amide bonds. The van der Waals surface area contributed by atoms with Crippen molar-refractivity contribution in [3.63, 3.8) is 0 Å². The van der Waals surface area contributed by atoms with Crippen LogP contribution >= 0.6 is 0 Å². The van der Waals surface area contributed by atoms with Gasteiger partial charge < -0.3 is 24.5 Å². The number of esters is 1. The first-order chi connectivity index (χ1) is 15.3. The number of carbonyl (C=O) groups excluding carboxylic acids is 3. The summed E-state index contributed by atoms with van der Waals surface area (Å²) in [5, 5.41) is 5.14. The number of rotatable bonds is 8. The van der Waals surface area contributed by atoms with Crippen LogP contribution in [0.3, 0.4) is 0 Å². The highest BCUT2D eigenvalue weighted by Gasteiger charge is 2.11. The Balaban J connectivity index is 1.38. The molecular weight excluding hydrogens is 430 g/mol. The number of anilines is 1. The number of nitrogens with one attached hydrogen (secondary N) is 2. The van der Waals surface area contributed by atoms with Gasteiger partial charge in [0.15, 0.2) is 24.8 Å². The topological polar surface area (TPSA) is 124 Å². The van der Waals surface area contributed by atoms with E-state index >= 15 is 0 Å². The Morgan fingerprint density at radius 2 is 1.69 bits per heavy atom. The first-order valence-electron chi connectivity index (χ1n) is 9.14. The van der Waals surface area contributed by atoms with Crippen molar-refractivity contribution in [1.29, 1.82) is 0 Å². The zero-order valence-electron chi connectivity index (χ0n) is 16.4. The third-order valence-corrected chi connectivity index (χ3v) is 3.96. The van der Waals surface area contributed by atoms with Crippen LogP contribution < -0.4 is 21.0 Å². The highest BCUT2D eigenvalue weighted by Crippen LogP contribution is 2.19. The molecule has 0 aliphatic rings. The van der Waals surface area contributed by atoms with Crippen molar-refractivity contribution < 1.29 is 37.1 Å². The highest BCUT2D eigenvalue weighted by molar-refractivity contribution is 5.94. The molecule has 0 spiro atoms. The Morgan fingerprint density at radius 3 is 2.47 bits per heavy atom. The van der Waals surface area contributed by atoms with E-state index in [-0.39, 0.29) is 17.0 Å². The minimum atomic E-state index is -1.13.